The van der Waals surface area contributed by atoms with Gasteiger partial charge in [-0.15, -0.1) is 0 Å². The topological polar surface area (TPSA) is 58.2 Å². The molecule has 21 heavy (non-hydrogen) atoms. The van der Waals surface area contributed by atoms with E-state index in [1.807, 2.05) is 6.07 Å². The molecule has 1 aromatic rings. The van der Waals surface area contributed by atoms with Crippen molar-refractivity contribution in [3.8, 4) is 0 Å². The molecule has 2 N–H and O–H groups in total. The fourth-order valence-corrected chi connectivity index (χ4v) is 2.82. The van der Waals surface area contributed by atoms with E-state index in [4.69, 9.17) is 23.2 Å². The third-order valence-corrected chi connectivity index (χ3v) is 4.09. The van der Waals surface area contributed by atoms with Crippen LogP contribution in [-0.4, -0.2) is 24.4 Å². The van der Waals surface area contributed by atoms with Crippen LogP contribution in [-0.2, 0) is 16.0 Å². The van der Waals surface area contributed by atoms with Crippen LogP contribution in [0, 0.1) is 0 Å². The summed E-state index contributed by atoms with van der Waals surface area (Å²) in [6, 6.07) is 4.81. The van der Waals surface area contributed by atoms with Gasteiger partial charge in [0.25, 0.3) is 0 Å². The molecule has 0 bridgehead atoms. The molecule has 1 aliphatic heterocycles. The minimum atomic E-state index is -0.416. The molecule has 1 saturated heterocycles. The molecule has 0 aliphatic carbocycles. The third kappa shape index (κ3) is 4.90. The monoisotopic (exact) mass is 328 g/mol. The average molecular weight is 329 g/mol. The molecule has 1 aliphatic rings. The van der Waals surface area contributed by atoms with Crippen LogP contribution in [0.1, 0.15) is 31.2 Å². The number of hydrogen-bond acceptors (Lipinski definition) is 2. The number of aryl methyl sites for hydroxylation is 1. The van der Waals surface area contributed by atoms with Crippen molar-refractivity contribution in [1.29, 1.82) is 0 Å². The van der Waals surface area contributed by atoms with Crippen LogP contribution in [0.3, 0.4) is 0 Å². The Bertz CT molecular complexity index is 534. The summed E-state index contributed by atoms with van der Waals surface area (Å²) in [7, 11) is 0. The summed E-state index contributed by atoms with van der Waals surface area (Å²) < 4.78 is 0. The van der Waals surface area contributed by atoms with E-state index in [0.29, 0.717) is 35.9 Å². The predicted octanol–water partition coefficient (Wildman–Crippen LogP) is 2.71. The van der Waals surface area contributed by atoms with Gasteiger partial charge in [0.15, 0.2) is 0 Å². The first-order valence-electron chi connectivity index (χ1n) is 7.07. The van der Waals surface area contributed by atoms with E-state index in [-0.39, 0.29) is 11.8 Å². The fourth-order valence-electron chi connectivity index (χ4n) is 2.32. The number of carbonyl (C=O) groups excluding carboxylic acids is 2. The molecule has 6 heteroatoms. The highest BCUT2D eigenvalue weighted by Gasteiger charge is 2.22. The van der Waals surface area contributed by atoms with Gasteiger partial charge in [0, 0.05) is 23.0 Å². The van der Waals surface area contributed by atoms with Gasteiger partial charge in [0.05, 0.1) is 0 Å². The summed E-state index contributed by atoms with van der Waals surface area (Å²) in [6.45, 7) is 0.686. The van der Waals surface area contributed by atoms with Crippen LogP contribution in [0.15, 0.2) is 18.2 Å². The molecule has 1 fully saturated rings. The maximum Gasteiger partial charge on any atom is 0.242 e. The van der Waals surface area contributed by atoms with E-state index < -0.39 is 6.04 Å². The maximum absolute atomic E-state index is 12.0. The molecule has 114 valence electrons. The highest BCUT2D eigenvalue weighted by molar-refractivity contribution is 6.35. The molecule has 2 rings (SSSR count). The molecule has 0 aromatic heterocycles. The van der Waals surface area contributed by atoms with Crippen molar-refractivity contribution >= 4 is 35.0 Å². The largest absolute Gasteiger partial charge is 0.354 e. The summed E-state index contributed by atoms with van der Waals surface area (Å²) in [5.41, 5.74) is 0.876. The lowest BCUT2D eigenvalue weighted by atomic mass is 10.1. The van der Waals surface area contributed by atoms with Gasteiger partial charge in [0.2, 0.25) is 11.8 Å². The number of carbonyl (C=O) groups is 2. The summed E-state index contributed by atoms with van der Waals surface area (Å²) in [5.74, 6) is -0.228. The van der Waals surface area contributed by atoms with Crippen molar-refractivity contribution in [3.05, 3.63) is 33.8 Å². The van der Waals surface area contributed by atoms with Gasteiger partial charge >= 0.3 is 0 Å². The fraction of sp³-hybridized carbons (Fsp3) is 0.467. The Morgan fingerprint density at radius 1 is 1.33 bits per heavy atom. The van der Waals surface area contributed by atoms with E-state index in [1.165, 1.54) is 0 Å². The molecule has 0 saturated carbocycles. The first-order chi connectivity index (χ1) is 10.1. The van der Waals surface area contributed by atoms with E-state index in [2.05, 4.69) is 10.6 Å². The molecular weight excluding hydrogens is 311 g/mol. The Kier molecular flexibility index (Phi) is 5.88. The molecular formula is C15H18Cl2N2O2. The van der Waals surface area contributed by atoms with Crippen LogP contribution in [0.25, 0.3) is 0 Å². The van der Waals surface area contributed by atoms with Crippen LogP contribution in [0.2, 0.25) is 10.0 Å². The first-order valence-corrected chi connectivity index (χ1v) is 7.83. The minimum Gasteiger partial charge on any atom is -0.354 e. The van der Waals surface area contributed by atoms with Crippen LogP contribution in [0.4, 0.5) is 0 Å². The average Bonchev–Trinajstić information content (AvgIpc) is 2.63. The normalized spacial score (nSPS) is 18.8. The second-order valence-electron chi connectivity index (χ2n) is 5.14. The minimum absolute atomic E-state index is 0.0922. The smallest absolute Gasteiger partial charge is 0.242 e. The Morgan fingerprint density at radius 2 is 2.14 bits per heavy atom. The third-order valence-electron chi connectivity index (χ3n) is 3.51. The summed E-state index contributed by atoms with van der Waals surface area (Å²) in [5, 5.41) is 6.72. The molecule has 1 atom stereocenters. The van der Waals surface area contributed by atoms with Gasteiger partial charge in [-0.1, -0.05) is 29.3 Å². The lowest BCUT2D eigenvalue weighted by Crippen LogP contribution is -2.45. The van der Waals surface area contributed by atoms with Gasteiger partial charge in [0.1, 0.15) is 6.04 Å². The van der Waals surface area contributed by atoms with Crippen LogP contribution < -0.4 is 10.6 Å². The SMILES string of the molecule is O=C(CCc1ccc(Cl)cc1Cl)NC1CCCCNC1=O. The Morgan fingerprint density at radius 3 is 2.90 bits per heavy atom. The van der Waals surface area contributed by atoms with Crippen molar-refractivity contribution in [2.75, 3.05) is 6.54 Å². The molecule has 0 spiro atoms. The van der Waals surface area contributed by atoms with Crippen molar-refractivity contribution in [2.45, 2.75) is 38.1 Å². The Labute approximate surface area is 134 Å². The molecule has 1 unspecified atom stereocenters. The van der Waals surface area contributed by atoms with Crippen molar-refractivity contribution in [1.82, 2.24) is 10.6 Å². The standard InChI is InChI=1S/C15H18Cl2N2O2/c16-11-6-4-10(12(17)9-11)5-7-14(20)19-13-3-1-2-8-18-15(13)21/h4,6,9,13H,1-3,5,7-8H2,(H,18,21)(H,19,20). The van der Waals surface area contributed by atoms with Crippen molar-refractivity contribution in [2.24, 2.45) is 0 Å². The number of halogens is 2. The molecule has 1 aromatic carbocycles. The zero-order valence-corrected chi connectivity index (χ0v) is 13.1. The number of nitrogens with one attached hydrogen (secondary N) is 2. The van der Waals surface area contributed by atoms with Crippen LogP contribution >= 0.6 is 23.2 Å². The van der Waals surface area contributed by atoms with Gasteiger partial charge in [-0.05, 0) is 43.4 Å². The maximum atomic E-state index is 12.0. The van der Waals surface area contributed by atoms with Crippen molar-refractivity contribution < 1.29 is 9.59 Å². The molecule has 1 heterocycles. The second-order valence-corrected chi connectivity index (χ2v) is 5.99. The van der Waals surface area contributed by atoms with Crippen molar-refractivity contribution in [3.63, 3.8) is 0 Å². The zero-order chi connectivity index (χ0) is 15.2. The predicted molar refractivity (Wildman–Crippen MR) is 83.6 cm³/mol. The highest BCUT2D eigenvalue weighted by atomic mass is 35.5. The Balaban J connectivity index is 1.85. The molecule has 0 radical (unpaired) electrons. The van der Waals surface area contributed by atoms with Crippen LogP contribution in [0.5, 0.6) is 0 Å². The highest BCUT2D eigenvalue weighted by Crippen LogP contribution is 2.22. The van der Waals surface area contributed by atoms with Gasteiger partial charge in [-0.25, -0.2) is 0 Å². The number of hydrogen-bond donors (Lipinski definition) is 2. The summed E-state index contributed by atoms with van der Waals surface area (Å²) in [4.78, 5) is 23.7. The lowest BCUT2D eigenvalue weighted by Gasteiger charge is -2.15. The lowest BCUT2D eigenvalue weighted by molar-refractivity contribution is -0.128. The van der Waals surface area contributed by atoms with Gasteiger partial charge in [-0.3, -0.25) is 9.59 Å². The van der Waals surface area contributed by atoms with E-state index in [0.717, 1.165) is 18.4 Å². The second kappa shape index (κ2) is 7.66. The number of rotatable bonds is 4. The van der Waals surface area contributed by atoms with Gasteiger partial charge in [-0.2, -0.15) is 0 Å². The zero-order valence-electron chi connectivity index (χ0n) is 11.6. The number of benzene rings is 1. The molecule has 2 amide bonds. The van der Waals surface area contributed by atoms with Gasteiger partial charge < -0.3 is 10.6 Å². The quantitative estimate of drug-likeness (QED) is 0.892. The van der Waals surface area contributed by atoms with E-state index in [1.54, 1.807) is 12.1 Å². The summed E-state index contributed by atoms with van der Waals surface area (Å²) in [6.07, 6.45) is 3.41. The number of amides is 2. The Hall–Kier alpha value is -1.26. The molecule has 4 nitrogen and oxygen atoms in total. The summed E-state index contributed by atoms with van der Waals surface area (Å²) >= 11 is 11.9. The van der Waals surface area contributed by atoms with E-state index >= 15 is 0 Å². The van der Waals surface area contributed by atoms with E-state index in [9.17, 15) is 9.59 Å². The first kappa shape index (κ1) is 16.1.